The quantitative estimate of drug-likeness (QED) is 0.849. The highest BCUT2D eigenvalue weighted by molar-refractivity contribution is 5.91. The minimum atomic E-state index is -0.0900. The van der Waals surface area contributed by atoms with Gasteiger partial charge in [-0.3, -0.25) is 9.59 Å². The summed E-state index contributed by atoms with van der Waals surface area (Å²) in [5.74, 6) is 2.45. The minimum absolute atomic E-state index is 0.0402. The SMILES string of the molecule is C[C@]12CC[C@H]3[C@@H](CCC4=CC(=O)CC[C@@]43CCO)[C@@H]1CCC2=O. The Balaban J connectivity index is 1.72. The van der Waals surface area contributed by atoms with E-state index in [1.807, 2.05) is 6.08 Å². The van der Waals surface area contributed by atoms with Crippen molar-refractivity contribution in [1.29, 1.82) is 0 Å². The Hall–Kier alpha value is -0.960. The van der Waals surface area contributed by atoms with Gasteiger partial charge in [0.2, 0.25) is 0 Å². The van der Waals surface area contributed by atoms with Gasteiger partial charge < -0.3 is 5.11 Å². The van der Waals surface area contributed by atoms with Gasteiger partial charge >= 0.3 is 0 Å². The zero-order valence-corrected chi connectivity index (χ0v) is 14.1. The first kappa shape index (κ1) is 15.6. The van der Waals surface area contributed by atoms with E-state index in [4.69, 9.17) is 0 Å². The van der Waals surface area contributed by atoms with Crippen LogP contribution in [0.3, 0.4) is 0 Å². The molecule has 0 aliphatic heterocycles. The molecule has 4 aliphatic rings. The van der Waals surface area contributed by atoms with Crippen molar-refractivity contribution < 1.29 is 14.7 Å². The normalized spacial score (nSPS) is 46.0. The van der Waals surface area contributed by atoms with Crippen LogP contribution in [0.2, 0.25) is 0 Å². The summed E-state index contributed by atoms with van der Waals surface area (Å²) in [6, 6.07) is 0. The Morgan fingerprint density at radius 3 is 2.70 bits per heavy atom. The van der Waals surface area contributed by atoms with Crippen molar-refractivity contribution in [1.82, 2.24) is 0 Å². The summed E-state index contributed by atoms with van der Waals surface area (Å²) in [5.41, 5.74) is 1.27. The molecule has 4 aliphatic carbocycles. The van der Waals surface area contributed by atoms with Crippen molar-refractivity contribution in [2.75, 3.05) is 6.61 Å². The first-order valence-electron chi connectivity index (χ1n) is 9.39. The third-order valence-electron chi connectivity index (χ3n) is 7.95. The molecule has 0 radical (unpaired) electrons. The summed E-state index contributed by atoms with van der Waals surface area (Å²) >= 11 is 0. The number of fused-ring (bicyclic) bond motifs is 5. The van der Waals surface area contributed by atoms with E-state index in [1.54, 1.807) is 0 Å². The molecule has 0 aromatic carbocycles. The number of hydrogen-bond acceptors (Lipinski definition) is 3. The zero-order valence-electron chi connectivity index (χ0n) is 14.1. The Kier molecular flexibility index (Phi) is 3.57. The molecule has 0 unspecified atom stereocenters. The Labute approximate surface area is 138 Å². The minimum Gasteiger partial charge on any atom is -0.396 e. The molecule has 1 N–H and O–H groups in total. The second-order valence-corrected chi connectivity index (χ2v) is 8.60. The van der Waals surface area contributed by atoms with Gasteiger partial charge in [-0.15, -0.1) is 0 Å². The average molecular weight is 316 g/mol. The first-order chi connectivity index (χ1) is 11.0. The molecule has 23 heavy (non-hydrogen) atoms. The van der Waals surface area contributed by atoms with Crippen LogP contribution in [0.5, 0.6) is 0 Å². The van der Waals surface area contributed by atoms with E-state index in [0.717, 1.165) is 51.4 Å². The van der Waals surface area contributed by atoms with Crippen LogP contribution in [0.15, 0.2) is 11.6 Å². The second kappa shape index (κ2) is 5.27. The molecule has 3 nitrogen and oxygen atoms in total. The van der Waals surface area contributed by atoms with Crippen molar-refractivity contribution in [2.24, 2.45) is 28.6 Å². The van der Waals surface area contributed by atoms with Gasteiger partial charge in [0, 0.05) is 24.9 Å². The van der Waals surface area contributed by atoms with E-state index in [2.05, 4.69) is 6.92 Å². The molecule has 0 aromatic heterocycles. The zero-order chi connectivity index (χ0) is 16.2. The lowest BCUT2D eigenvalue weighted by atomic mass is 9.46. The molecule has 0 heterocycles. The lowest BCUT2D eigenvalue weighted by molar-refractivity contribution is -0.133. The molecule has 0 bridgehead atoms. The van der Waals surface area contributed by atoms with Gasteiger partial charge in [0.25, 0.3) is 0 Å². The number of hydrogen-bond donors (Lipinski definition) is 1. The molecule has 3 saturated carbocycles. The molecular weight excluding hydrogens is 288 g/mol. The summed E-state index contributed by atoms with van der Waals surface area (Å²) in [7, 11) is 0. The number of ketones is 2. The molecular formula is C20H28O3. The Morgan fingerprint density at radius 2 is 1.91 bits per heavy atom. The van der Waals surface area contributed by atoms with Crippen LogP contribution in [-0.4, -0.2) is 23.3 Å². The van der Waals surface area contributed by atoms with Crippen LogP contribution < -0.4 is 0 Å². The lowest BCUT2D eigenvalue weighted by Crippen LogP contribution is -2.52. The summed E-state index contributed by atoms with van der Waals surface area (Å²) in [5, 5.41) is 9.72. The standard InChI is InChI=1S/C20H28O3/c1-19-8-7-17-15(16(19)4-5-18(19)23)3-2-13-12-14(22)6-9-20(13,17)10-11-21/h12,15-17,21H,2-11H2,1H3/t15-,16-,17-,19-,20+/m0/s1. The van der Waals surface area contributed by atoms with E-state index in [-0.39, 0.29) is 23.2 Å². The molecule has 0 spiro atoms. The monoisotopic (exact) mass is 316 g/mol. The largest absolute Gasteiger partial charge is 0.396 e. The summed E-state index contributed by atoms with van der Waals surface area (Å²) in [4.78, 5) is 24.4. The third-order valence-corrected chi connectivity index (χ3v) is 7.95. The van der Waals surface area contributed by atoms with Crippen LogP contribution in [0.25, 0.3) is 0 Å². The topological polar surface area (TPSA) is 54.4 Å². The smallest absolute Gasteiger partial charge is 0.155 e. The molecule has 0 saturated heterocycles. The molecule has 5 atom stereocenters. The van der Waals surface area contributed by atoms with Crippen LogP contribution >= 0.6 is 0 Å². The maximum absolute atomic E-state index is 12.4. The maximum Gasteiger partial charge on any atom is 0.155 e. The highest BCUT2D eigenvalue weighted by atomic mass is 16.3. The highest BCUT2D eigenvalue weighted by Crippen LogP contribution is 2.65. The average Bonchev–Trinajstić information content (AvgIpc) is 2.84. The fraction of sp³-hybridized carbons (Fsp3) is 0.800. The number of Topliss-reactive ketones (excluding diaryl/α,β-unsaturated/α-hetero) is 1. The van der Waals surface area contributed by atoms with Gasteiger partial charge in [-0.25, -0.2) is 0 Å². The highest BCUT2D eigenvalue weighted by Gasteiger charge is 2.59. The third kappa shape index (κ3) is 2.05. The van der Waals surface area contributed by atoms with Crippen LogP contribution in [-0.2, 0) is 9.59 Å². The molecule has 126 valence electrons. The van der Waals surface area contributed by atoms with Crippen LogP contribution in [0, 0.1) is 28.6 Å². The second-order valence-electron chi connectivity index (χ2n) is 8.60. The van der Waals surface area contributed by atoms with E-state index in [9.17, 15) is 14.7 Å². The van der Waals surface area contributed by atoms with Gasteiger partial charge in [0.05, 0.1) is 0 Å². The number of rotatable bonds is 2. The van der Waals surface area contributed by atoms with Gasteiger partial charge in [0.15, 0.2) is 5.78 Å². The van der Waals surface area contributed by atoms with Crippen LogP contribution in [0.4, 0.5) is 0 Å². The van der Waals surface area contributed by atoms with E-state index in [0.29, 0.717) is 30.0 Å². The first-order valence-corrected chi connectivity index (χ1v) is 9.39. The molecule has 0 aromatic rings. The molecule has 3 fully saturated rings. The summed E-state index contributed by atoms with van der Waals surface area (Å²) < 4.78 is 0. The predicted octanol–water partition coefficient (Wildman–Crippen LogP) is 3.45. The molecule has 0 amide bonds. The fourth-order valence-corrected chi connectivity index (χ4v) is 6.80. The number of aliphatic hydroxyl groups is 1. The van der Waals surface area contributed by atoms with Gasteiger partial charge in [-0.05, 0) is 74.2 Å². The van der Waals surface area contributed by atoms with Crippen LogP contribution in [0.1, 0.15) is 64.7 Å². The van der Waals surface area contributed by atoms with Crippen molar-refractivity contribution >= 4 is 11.6 Å². The Bertz CT molecular complexity index is 577. The Morgan fingerprint density at radius 1 is 1.09 bits per heavy atom. The molecule has 4 rings (SSSR count). The van der Waals surface area contributed by atoms with Gasteiger partial charge in [0.1, 0.15) is 5.78 Å². The maximum atomic E-state index is 12.4. The number of allylic oxidation sites excluding steroid dienone is 1. The number of carbonyl (C=O) groups excluding carboxylic acids is 2. The van der Waals surface area contributed by atoms with Gasteiger partial charge in [-0.1, -0.05) is 12.5 Å². The lowest BCUT2D eigenvalue weighted by Gasteiger charge is -2.58. The van der Waals surface area contributed by atoms with Crippen molar-refractivity contribution in [3.8, 4) is 0 Å². The molecule has 3 heteroatoms. The number of carbonyl (C=O) groups is 2. The summed E-state index contributed by atoms with van der Waals surface area (Å²) in [6.45, 7) is 2.41. The predicted molar refractivity (Wildman–Crippen MR) is 87.7 cm³/mol. The number of aliphatic hydroxyl groups excluding tert-OH is 1. The van der Waals surface area contributed by atoms with E-state index in [1.165, 1.54) is 5.57 Å². The van der Waals surface area contributed by atoms with E-state index >= 15 is 0 Å². The van der Waals surface area contributed by atoms with Gasteiger partial charge in [-0.2, -0.15) is 0 Å². The van der Waals surface area contributed by atoms with Crippen molar-refractivity contribution in [2.45, 2.75) is 64.7 Å². The fourth-order valence-electron chi connectivity index (χ4n) is 6.80. The summed E-state index contributed by atoms with van der Waals surface area (Å²) in [6.07, 6.45) is 10.3. The van der Waals surface area contributed by atoms with E-state index < -0.39 is 0 Å². The van der Waals surface area contributed by atoms with Crippen molar-refractivity contribution in [3.05, 3.63) is 11.6 Å². The van der Waals surface area contributed by atoms with Crippen molar-refractivity contribution in [3.63, 3.8) is 0 Å².